The minimum atomic E-state index is -3.61. The fourth-order valence-corrected chi connectivity index (χ4v) is 4.17. The fourth-order valence-electron chi connectivity index (χ4n) is 2.75. The number of nitrogens with one attached hydrogen (secondary N) is 2. The van der Waals surface area contributed by atoms with Crippen LogP contribution in [0.1, 0.15) is 5.56 Å². The van der Waals surface area contributed by atoms with Gasteiger partial charge in [0.15, 0.2) is 0 Å². The van der Waals surface area contributed by atoms with Crippen LogP contribution in [0.15, 0.2) is 76.1 Å². The molecule has 0 bridgehead atoms. The summed E-state index contributed by atoms with van der Waals surface area (Å²) in [7, 11) is -3.61. The number of rotatable bonds is 4. The van der Waals surface area contributed by atoms with Crippen LogP contribution in [-0.4, -0.2) is 18.4 Å². The first-order valence-electron chi connectivity index (χ1n) is 8.26. The van der Waals surface area contributed by atoms with Crippen LogP contribution in [-0.2, 0) is 10.0 Å². The molecule has 0 saturated heterocycles. The van der Waals surface area contributed by atoms with Gasteiger partial charge in [-0.1, -0.05) is 33.6 Å². The maximum atomic E-state index is 12.5. The van der Waals surface area contributed by atoms with Crippen molar-refractivity contribution in [2.75, 3.05) is 4.72 Å². The summed E-state index contributed by atoms with van der Waals surface area (Å²) in [6.07, 6.45) is 0. The Kier molecular flexibility index (Phi) is 4.49. The molecule has 0 atom stereocenters. The quantitative estimate of drug-likeness (QED) is 0.462. The monoisotopic (exact) mass is 441 g/mol. The van der Waals surface area contributed by atoms with Gasteiger partial charge in [0, 0.05) is 15.7 Å². The lowest BCUT2D eigenvalue weighted by molar-refractivity contribution is 0.601. The molecule has 2 N–H and O–H groups in total. The third kappa shape index (κ3) is 3.74. The predicted octanol–water partition coefficient (Wildman–Crippen LogP) is 5.10. The molecule has 3 aromatic carbocycles. The fraction of sp³-hybridized carbons (Fsp3) is 0.0500. The van der Waals surface area contributed by atoms with E-state index < -0.39 is 10.0 Å². The molecule has 0 fully saturated rings. The van der Waals surface area contributed by atoms with Gasteiger partial charge in [-0.2, -0.15) is 0 Å². The lowest BCUT2D eigenvalue weighted by atomic mass is 10.2. The summed E-state index contributed by atoms with van der Waals surface area (Å²) < 4.78 is 28.5. The third-order valence-corrected chi connectivity index (χ3v) is 6.08. The number of anilines is 1. The molecule has 1 aromatic heterocycles. The van der Waals surface area contributed by atoms with Gasteiger partial charge in [0.1, 0.15) is 5.82 Å². The average Bonchev–Trinajstić information content (AvgIpc) is 3.05. The predicted molar refractivity (Wildman–Crippen MR) is 111 cm³/mol. The van der Waals surface area contributed by atoms with Gasteiger partial charge >= 0.3 is 0 Å². The van der Waals surface area contributed by atoms with Crippen LogP contribution in [0, 0.1) is 6.92 Å². The first kappa shape index (κ1) is 17.8. The molecule has 1 heterocycles. The van der Waals surface area contributed by atoms with Gasteiger partial charge in [0.05, 0.1) is 15.9 Å². The zero-order chi connectivity index (χ0) is 19.0. The van der Waals surface area contributed by atoms with Crippen molar-refractivity contribution in [1.82, 2.24) is 9.97 Å². The van der Waals surface area contributed by atoms with Gasteiger partial charge in [-0.25, -0.2) is 13.4 Å². The molecule has 0 aliphatic heterocycles. The molecule has 4 rings (SSSR count). The van der Waals surface area contributed by atoms with Gasteiger partial charge in [0.25, 0.3) is 10.0 Å². The Bertz CT molecular complexity index is 1210. The lowest BCUT2D eigenvalue weighted by Crippen LogP contribution is -2.12. The number of imidazole rings is 1. The maximum Gasteiger partial charge on any atom is 0.261 e. The summed E-state index contributed by atoms with van der Waals surface area (Å²) in [4.78, 5) is 8.08. The van der Waals surface area contributed by atoms with Crippen molar-refractivity contribution in [2.45, 2.75) is 11.8 Å². The molecule has 0 amide bonds. The normalized spacial score (nSPS) is 11.6. The van der Waals surface area contributed by atoms with Crippen LogP contribution in [0.5, 0.6) is 0 Å². The Morgan fingerprint density at radius 3 is 2.37 bits per heavy atom. The molecule has 27 heavy (non-hydrogen) atoms. The minimum absolute atomic E-state index is 0.236. The van der Waals surface area contributed by atoms with Crippen molar-refractivity contribution in [3.8, 4) is 11.4 Å². The third-order valence-electron chi connectivity index (χ3n) is 4.19. The van der Waals surface area contributed by atoms with E-state index >= 15 is 0 Å². The number of benzene rings is 3. The molecular weight excluding hydrogens is 426 g/mol. The molecule has 4 aromatic rings. The number of hydrogen-bond acceptors (Lipinski definition) is 3. The van der Waals surface area contributed by atoms with Crippen LogP contribution in [0.2, 0.25) is 0 Å². The van der Waals surface area contributed by atoms with Crippen molar-refractivity contribution in [3.63, 3.8) is 0 Å². The average molecular weight is 442 g/mol. The number of aromatic amines is 1. The molecule has 7 heteroatoms. The smallest absolute Gasteiger partial charge is 0.261 e. The van der Waals surface area contributed by atoms with Crippen molar-refractivity contribution < 1.29 is 8.42 Å². The van der Waals surface area contributed by atoms with E-state index in [0.29, 0.717) is 5.69 Å². The first-order valence-corrected chi connectivity index (χ1v) is 10.5. The SMILES string of the molecule is Cc1ccc(S(=O)(=O)Nc2ccc(-c3nc4ccc(Br)cc4[nH]3)cc2)cc1. The second-order valence-electron chi connectivity index (χ2n) is 6.24. The Morgan fingerprint density at radius 1 is 0.963 bits per heavy atom. The maximum absolute atomic E-state index is 12.5. The number of aryl methyl sites for hydroxylation is 1. The van der Waals surface area contributed by atoms with Crippen LogP contribution in [0.4, 0.5) is 5.69 Å². The second-order valence-corrected chi connectivity index (χ2v) is 8.84. The van der Waals surface area contributed by atoms with Gasteiger partial charge in [-0.05, 0) is 61.5 Å². The summed E-state index contributed by atoms with van der Waals surface area (Å²) in [5.74, 6) is 0.732. The first-order chi connectivity index (χ1) is 12.9. The van der Waals surface area contributed by atoms with E-state index in [1.807, 2.05) is 37.3 Å². The van der Waals surface area contributed by atoms with E-state index in [1.54, 1.807) is 36.4 Å². The number of fused-ring (bicyclic) bond motifs is 1. The van der Waals surface area contributed by atoms with E-state index in [1.165, 1.54) is 0 Å². The van der Waals surface area contributed by atoms with E-state index in [4.69, 9.17) is 0 Å². The second kappa shape index (κ2) is 6.83. The van der Waals surface area contributed by atoms with Gasteiger partial charge in [-0.15, -0.1) is 0 Å². The molecule has 0 aliphatic rings. The zero-order valence-corrected chi connectivity index (χ0v) is 16.8. The Balaban J connectivity index is 1.58. The highest BCUT2D eigenvalue weighted by Gasteiger charge is 2.14. The summed E-state index contributed by atoms with van der Waals surface area (Å²) >= 11 is 3.45. The van der Waals surface area contributed by atoms with Crippen LogP contribution in [0.25, 0.3) is 22.4 Å². The number of H-pyrrole nitrogens is 1. The van der Waals surface area contributed by atoms with E-state index in [-0.39, 0.29) is 4.90 Å². The lowest BCUT2D eigenvalue weighted by Gasteiger charge is -2.08. The van der Waals surface area contributed by atoms with Crippen molar-refractivity contribution in [3.05, 3.63) is 76.8 Å². The van der Waals surface area contributed by atoms with Crippen LogP contribution >= 0.6 is 15.9 Å². The molecule has 136 valence electrons. The molecule has 0 saturated carbocycles. The van der Waals surface area contributed by atoms with Crippen molar-refractivity contribution in [2.24, 2.45) is 0 Å². The summed E-state index contributed by atoms with van der Waals surface area (Å²) in [5, 5.41) is 0. The van der Waals surface area contributed by atoms with Crippen molar-refractivity contribution >= 4 is 42.7 Å². The number of nitrogens with zero attached hydrogens (tertiary/aromatic N) is 1. The Hall–Kier alpha value is -2.64. The van der Waals surface area contributed by atoms with E-state index in [2.05, 4.69) is 30.6 Å². The van der Waals surface area contributed by atoms with Gasteiger partial charge < -0.3 is 4.98 Å². The highest BCUT2D eigenvalue weighted by atomic mass is 79.9. The molecule has 0 radical (unpaired) electrons. The molecule has 5 nitrogen and oxygen atoms in total. The largest absolute Gasteiger partial charge is 0.338 e. The van der Waals surface area contributed by atoms with Crippen LogP contribution < -0.4 is 4.72 Å². The summed E-state index contributed by atoms with van der Waals surface area (Å²) in [6, 6.07) is 19.7. The Morgan fingerprint density at radius 2 is 1.67 bits per heavy atom. The highest BCUT2D eigenvalue weighted by molar-refractivity contribution is 9.10. The number of halogens is 1. The highest BCUT2D eigenvalue weighted by Crippen LogP contribution is 2.25. The summed E-state index contributed by atoms with van der Waals surface area (Å²) in [5.41, 5.74) is 4.19. The van der Waals surface area contributed by atoms with Gasteiger partial charge in [-0.3, -0.25) is 4.72 Å². The molecule has 0 unspecified atom stereocenters. The van der Waals surface area contributed by atoms with Crippen molar-refractivity contribution in [1.29, 1.82) is 0 Å². The molecule has 0 spiro atoms. The van der Waals surface area contributed by atoms with E-state index in [0.717, 1.165) is 32.5 Å². The summed E-state index contributed by atoms with van der Waals surface area (Å²) in [6.45, 7) is 1.92. The number of hydrogen-bond donors (Lipinski definition) is 2. The standard InChI is InChI=1S/C20H16BrN3O2S/c1-13-2-9-17(10-3-13)27(25,26)24-16-7-4-14(5-8-16)20-22-18-11-6-15(21)12-19(18)23-20/h2-12,24H,1H3,(H,22,23). The zero-order valence-electron chi connectivity index (χ0n) is 14.4. The number of sulfonamides is 1. The molecular formula is C20H16BrN3O2S. The minimum Gasteiger partial charge on any atom is -0.338 e. The molecule has 0 aliphatic carbocycles. The van der Waals surface area contributed by atoms with E-state index in [9.17, 15) is 8.42 Å². The number of aromatic nitrogens is 2. The van der Waals surface area contributed by atoms with Crippen LogP contribution in [0.3, 0.4) is 0 Å². The Labute approximate surface area is 165 Å². The van der Waals surface area contributed by atoms with Gasteiger partial charge in [0.2, 0.25) is 0 Å². The topological polar surface area (TPSA) is 74.8 Å².